The maximum atomic E-state index is 9.14. The van der Waals surface area contributed by atoms with Crippen LogP contribution in [0.5, 0.6) is 5.75 Å². The summed E-state index contributed by atoms with van der Waals surface area (Å²) in [6, 6.07) is 5.37. The smallest absolute Gasteiger partial charge is 0.115 e. The van der Waals surface area contributed by atoms with Crippen molar-refractivity contribution in [3.63, 3.8) is 0 Å². The molecular formula is C9H14N2O. The molecule has 0 amide bonds. The second-order valence-corrected chi connectivity index (χ2v) is 2.93. The minimum atomic E-state index is 0.116. The Kier molecular flexibility index (Phi) is 2.68. The fourth-order valence-corrected chi connectivity index (χ4v) is 1.24. The van der Waals surface area contributed by atoms with Gasteiger partial charge < -0.3 is 5.11 Å². The van der Waals surface area contributed by atoms with E-state index in [1.807, 2.05) is 19.9 Å². The predicted octanol–water partition coefficient (Wildman–Crippen LogP) is 1.22. The monoisotopic (exact) mass is 166 g/mol. The molecule has 0 heterocycles. The highest BCUT2D eigenvalue weighted by atomic mass is 16.3. The number of rotatable bonds is 2. The number of phenols is 1. The van der Waals surface area contributed by atoms with E-state index in [-0.39, 0.29) is 6.04 Å². The first kappa shape index (κ1) is 9.03. The standard InChI is InChI=1S/C9H14N2O/c1-6-5-8(12)3-4-9(6)7(2)11-10/h3-5,7,11-12H,10H2,1-2H3. The molecule has 0 bridgehead atoms. The summed E-state index contributed by atoms with van der Waals surface area (Å²) in [7, 11) is 0. The van der Waals surface area contributed by atoms with Crippen LogP contribution in [0, 0.1) is 6.92 Å². The fraction of sp³-hybridized carbons (Fsp3) is 0.333. The van der Waals surface area contributed by atoms with Crippen LogP contribution in [0.25, 0.3) is 0 Å². The van der Waals surface area contributed by atoms with Gasteiger partial charge in [0.1, 0.15) is 5.75 Å². The molecule has 0 spiro atoms. The van der Waals surface area contributed by atoms with E-state index in [1.54, 1.807) is 12.1 Å². The van der Waals surface area contributed by atoms with Crippen LogP contribution in [-0.2, 0) is 0 Å². The topological polar surface area (TPSA) is 58.3 Å². The van der Waals surface area contributed by atoms with Crippen LogP contribution in [0.4, 0.5) is 0 Å². The van der Waals surface area contributed by atoms with Crippen molar-refractivity contribution in [2.24, 2.45) is 5.84 Å². The molecule has 1 aromatic carbocycles. The Morgan fingerprint density at radius 2 is 2.17 bits per heavy atom. The van der Waals surface area contributed by atoms with Crippen LogP contribution >= 0.6 is 0 Å². The molecule has 1 aromatic rings. The Labute approximate surface area is 72.2 Å². The second kappa shape index (κ2) is 3.56. The summed E-state index contributed by atoms with van der Waals surface area (Å²) in [5.41, 5.74) is 4.81. The predicted molar refractivity (Wildman–Crippen MR) is 48.6 cm³/mol. The average Bonchev–Trinajstić information content (AvgIpc) is 2.03. The number of benzene rings is 1. The molecule has 0 saturated carbocycles. The van der Waals surface area contributed by atoms with Crippen LogP contribution in [0.2, 0.25) is 0 Å². The van der Waals surface area contributed by atoms with E-state index in [4.69, 9.17) is 10.9 Å². The van der Waals surface area contributed by atoms with Gasteiger partial charge in [-0.3, -0.25) is 11.3 Å². The van der Waals surface area contributed by atoms with Crippen LogP contribution in [-0.4, -0.2) is 5.11 Å². The first-order valence-corrected chi connectivity index (χ1v) is 3.91. The molecule has 0 saturated heterocycles. The van der Waals surface area contributed by atoms with Crippen molar-refractivity contribution < 1.29 is 5.11 Å². The quantitative estimate of drug-likeness (QED) is 0.457. The minimum Gasteiger partial charge on any atom is -0.508 e. The lowest BCUT2D eigenvalue weighted by atomic mass is 10.0. The van der Waals surface area contributed by atoms with E-state index in [0.29, 0.717) is 5.75 Å². The third kappa shape index (κ3) is 1.75. The highest BCUT2D eigenvalue weighted by molar-refractivity contribution is 5.35. The third-order valence-electron chi connectivity index (χ3n) is 1.97. The molecule has 3 heteroatoms. The van der Waals surface area contributed by atoms with Gasteiger partial charge in [-0.2, -0.15) is 0 Å². The summed E-state index contributed by atoms with van der Waals surface area (Å²) >= 11 is 0. The van der Waals surface area contributed by atoms with Crippen molar-refractivity contribution in [2.45, 2.75) is 19.9 Å². The summed E-state index contributed by atoms with van der Waals surface area (Å²) in [5, 5.41) is 9.14. The molecule has 0 aliphatic heterocycles. The molecule has 1 atom stereocenters. The molecule has 66 valence electrons. The molecule has 4 N–H and O–H groups in total. The SMILES string of the molecule is Cc1cc(O)ccc1C(C)NN. The van der Waals surface area contributed by atoms with Crippen molar-refractivity contribution in [3.05, 3.63) is 29.3 Å². The van der Waals surface area contributed by atoms with Gasteiger partial charge in [0, 0.05) is 6.04 Å². The van der Waals surface area contributed by atoms with Crippen LogP contribution in [0.3, 0.4) is 0 Å². The summed E-state index contributed by atoms with van der Waals surface area (Å²) in [6.45, 7) is 3.92. The summed E-state index contributed by atoms with van der Waals surface area (Å²) in [6.07, 6.45) is 0. The van der Waals surface area contributed by atoms with E-state index >= 15 is 0 Å². The number of hydrazine groups is 1. The average molecular weight is 166 g/mol. The number of hydrogen-bond donors (Lipinski definition) is 3. The van der Waals surface area contributed by atoms with Crippen molar-refractivity contribution in [2.75, 3.05) is 0 Å². The molecule has 3 nitrogen and oxygen atoms in total. The lowest BCUT2D eigenvalue weighted by Gasteiger charge is -2.13. The Balaban J connectivity index is 3.01. The molecule has 0 aromatic heterocycles. The number of nitrogens with two attached hydrogens (primary N) is 1. The first-order valence-electron chi connectivity index (χ1n) is 3.91. The zero-order valence-corrected chi connectivity index (χ0v) is 7.33. The molecule has 0 aliphatic rings. The number of hydrogen-bond acceptors (Lipinski definition) is 3. The fourth-order valence-electron chi connectivity index (χ4n) is 1.24. The van der Waals surface area contributed by atoms with Crippen molar-refractivity contribution in [1.82, 2.24) is 5.43 Å². The van der Waals surface area contributed by atoms with E-state index in [1.165, 1.54) is 0 Å². The van der Waals surface area contributed by atoms with Gasteiger partial charge in [0.05, 0.1) is 0 Å². The van der Waals surface area contributed by atoms with Crippen LogP contribution < -0.4 is 11.3 Å². The van der Waals surface area contributed by atoms with Gasteiger partial charge in [0.25, 0.3) is 0 Å². The molecule has 0 aliphatic carbocycles. The number of phenolic OH excluding ortho intramolecular Hbond substituents is 1. The van der Waals surface area contributed by atoms with Gasteiger partial charge in [-0.25, -0.2) is 0 Å². The largest absolute Gasteiger partial charge is 0.508 e. The molecule has 0 fully saturated rings. The van der Waals surface area contributed by atoms with Gasteiger partial charge in [-0.15, -0.1) is 0 Å². The Hall–Kier alpha value is -1.06. The molecule has 1 rings (SSSR count). The van der Waals surface area contributed by atoms with Gasteiger partial charge in [-0.05, 0) is 37.1 Å². The molecular weight excluding hydrogens is 152 g/mol. The summed E-state index contributed by atoms with van der Waals surface area (Å²) < 4.78 is 0. The zero-order valence-electron chi connectivity index (χ0n) is 7.33. The van der Waals surface area contributed by atoms with E-state index in [9.17, 15) is 0 Å². The number of nitrogens with one attached hydrogen (secondary N) is 1. The number of aryl methyl sites for hydroxylation is 1. The van der Waals surface area contributed by atoms with Gasteiger partial charge >= 0.3 is 0 Å². The first-order chi connectivity index (χ1) is 5.65. The van der Waals surface area contributed by atoms with E-state index in [0.717, 1.165) is 11.1 Å². The Morgan fingerprint density at radius 3 is 2.67 bits per heavy atom. The van der Waals surface area contributed by atoms with Crippen molar-refractivity contribution in [1.29, 1.82) is 0 Å². The van der Waals surface area contributed by atoms with Crippen molar-refractivity contribution >= 4 is 0 Å². The van der Waals surface area contributed by atoms with Crippen molar-refractivity contribution in [3.8, 4) is 5.75 Å². The van der Waals surface area contributed by atoms with Gasteiger partial charge in [0.2, 0.25) is 0 Å². The number of aromatic hydroxyl groups is 1. The lowest BCUT2D eigenvalue weighted by Crippen LogP contribution is -2.26. The van der Waals surface area contributed by atoms with E-state index < -0.39 is 0 Å². The van der Waals surface area contributed by atoms with Crippen LogP contribution in [0.1, 0.15) is 24.1 Å². The highest BCUT2D eigenvalue weighted by Crippen LogP contribution is 2.20. The normalized spacial score (nSPS) is 12.9. The highest BCUT2D eigenvalue weighted by Gasteiger charge is 2.05. The van der Waals surface area contributed by atoms with Gasteiger partial charge in [0.15, 0.2) is 0 Å². The maximum absolute atomic E-state index is 9.14. The minimum absolute atomic E-state index is 0.116. The summed E-state index contributed by atoms with van der Waals surface area (Å²) in [4.78, 5) is 0. The van der Waals surface area contributed by atoms with Gasteiger partial charge in [-0.1, -0.05) is 6.07 Å². The van der Waals surface area contributed by atoms with E-state index in [2.05, 4.69) is 5.43 Å². The second-order valence-electron chi connectivity index (χ2n) is 2.93. The third-order valence-corrected chi connectivity index (χ3v) is 1.97. The molecule has 12 heavy (non-hydrogen) atoms. The zero-order chi connectivity index (χ0) is 9.14. The van der Waals surface area contributed by atoms with Crippen LogP contribution in [0.15, 0.2) is 18.2 Å². The Bertz CT molecular complexity index is 273. The summed E-state index contributed by atoms with van der Waals surface area (Å²) in [5.74, 6) is 5.59. The Morgan fingerprint density at radius 1 is 1.50 bits per heavy atom. The maximum Gasteiger partial charge on any atom is 0.115 e. The lowest BCUT2D eigenvalue weighted by molar-refractivity contribution is 0.474. The molecule has 0 radical (unpaired) electrons. The molecule has 1 unspecified atom stereocenters.